The predicted molar refractivity (Wildman–Crippen MR) is 100 cm³/mol. The molecule has 0 aliphatic heterocycles. The second-order valence-corrected chi connectivity index (χ2v) is 8.34. The predicted octanol–water partition coefficient (Wildman–Crippen LogP) is 5.07. The van der Waals surface area contributed by atoms with Crippen LogP contribution in [-0.2, 0) is 20.7 Å². The van der Waals surface area contributed by atoms with Crippen LogP contribution in [0.1, 0.15) is 55.6 Å². The minimum absolute atomic E-state index is 0.218. The minimum Gasteiger partial charge on any atom is -0.266 e. The fourth-order valence-corrected chi connectivity index (χ4v) is 4.62. The minimum atomic E-state index is -3.65. The van der Waals surface area contributed by atoms with E-state index in [2.05, 4.69) is 24.3 Å². The highest BCUT2D eigenvalue weighted by Crippen LogP contribution is 2.34. The van der Waals surface area contributed by atoms with E-state index in [-0.39, 0.29) is 11.5 Å². The molecule has 2 aromatic carbocycles. The first kappa shape index (κ1) is 18.2. The Morgan fingerprint density at radius 2 is 1.56 bits per heavy atom. The van der Waals surface area contributed by atoms with Gasteiger partial charge in [-0.2, -0.15) is 8.42 Å². The Kier molecular flexibility index (Phi) is 6.27. The van der Waals surface area contributed by atoms with Gasteiger partial charge in [-0.1, -0.05) is 61.7 Å². The first-order valence-electron chi connectivity index (χ1n) is 9.19. The van der Waals surface area contributed by atoms with E-state index in [1.54, 1.807) is 30.3 Å². The number of benzene rings is 2. The zero-order valence-corrected chi connectivity index (χ0v) is 15.4. The molecule has 3 nitrogen and oxygen atoms in total. The highest BCUT2D eigenvalue weighted by atomic mass is 32.2. The SMILES string of the molecule is O=S(=O)(OCCCc1ccccc1C1CCCCC1)c1ccccc1. The van der Waals surface area contributed by atoms with Crippen LogP contribution >= 0.6 is 0 Å². The molecular weight excluding hydrogens is 332 g/mol. The van der Waals surface area contributed by atoms with Crippen molar-refractivity contribution in [2.75, 3.05) is 6.61 Å². The lowest BCUT2D eigenvalue weighted by Gasteiger charge is -2.24. The highest BCUT2D eigenvalue weighted by Gasteiger charge is 2.18. The van der Waals surface area contributed by atoms with Crippen LogP contribution in [0.5, 0.6) is 0 Å². The van der Waals surface area contributed by atoms with Gasteiger partial charge in [0.05, 0.1) is 11.5 Å². The Bertz CT molecular complexity index is 763. The standard InChI is InChI=1S/C21H26O3S/c22-25(23,20-14-5-2-6-15-20)24-17-9-13-19-12-7-8-16-21(19)18-10-3-1-4-11-18/h2,5-8,12,14-16,18H,1,3-4,9-11,13,17H2. The second-order valence-electron chi connectivity index (χ2n) is 6.73. The van der Waals surface area contributed by atoms with Crippen molar-refractivity contribution in [2.24, 2.45) is 0 Å². The molecule has 134 valence electrons. The normalized spacial score (nSPS) is 16.0. The van der Waals surface area contributed by atoms with Crippen molar-refractivity contribution in [3.63, 3.8) is 0 Å². The Morgan fingerprint density at radius 3 is 2.32 bits per heavy atom. The summed E-state index contributed by atoms with van der Waals surface area (Å²) in [7, 11) is -3.65. The Balaban J connectivity index is 1.56. The van der Waals surface area contributed by atoms with E-state index in [1.165, 1.54) is 43.2 Å². The van der Waals surface area contributed by atoms with Crippen LogP contribution < -0.4 is 0 Å². The van der Waals surface area contributed by atoms with Crippen LogP contribution in [0, 0.1) is 0 Å². The first-order chi connectivity index (χ1) is 12.2. The van der Waals surface area contributed by atoms with Gasteiger partial charge in [0.15, 0.2) is 0 Å². The zero-order chi connectivity index (χ0) is 17.5. The van der Waals surface area contributed by atoms with Gasteiger partial charge in [-0.3, -0.25) is 4.18 Å². The van der Waals surface area contributed by atoms with Gasteiger partial charge in [0.2, 0.25) is 0 Å². The van der Waals surface area contributed by atoms with Crippen LogP contribution in [0.3, 0.4) is 0 Å². The average molecular weight is 359 g/mol. The molecule has 0 aromatic heterocycles. The fraction of sp³-hybridized carbons (Fsp3) is 0.429. The number of hydrogen-bond donors (Lipinski definition) is 0. The molecule has 3 rings (SSSR count). The number of aryl methyl sites for hydroxylation is 1. The van der Waals surface area contributed by atoms with Gasteiger partial charge in [-0.25, -0.2) is 0 Å². The van der Waals surface area contributed by atoms with Crippen molar-refractivity contribution in [1.29, 1.82) is 0 Å². The fourth-order valence-electron chi connectivity index (χ4n) is 3.66. The summed E-state index contributed by atoms with van der Waals surface area (Å²) in [6.07, 6.45) is 8.09. The second kappa shape index (κ2) is 8.63. The lowest BCUT2D eigenvalue weighted by Crippen LogP contribution is -2.10. The van der Waals surface area contributed by atoms with Gasteiger partial charge in [0.25, 0.3) is 10.1 Å². The van der Waals surface area contributed by atoms with Crippen molar-refractivity contribution >= 4 is 10.1 Å². The van der Waals surface area contributed by atoms with Crippen molar-refractivity contribution in [1.82, 2.24) is 0 Å². The molecule has 0 saturated heterocycles. The van der Waals surface area contributed by atoms with E-state index in [9.17, 15) is 8.42 Å². The number of rotatable bonds is 7. The summed E-state index contributed by atoms with van der Waals surface area (Å²) < 4.78 is 29.5. The van der Waals surface area contributed by atoms with E-state index in [0.717, 1.165) is 6.42 Å². The largest absolute Gasteiger partial charge is 0.296 e. The Morgan fingerprint density at radius 1 is 0.880 bits per heavy atom. The molecule has 0 atom stereocenters. The molecule has 25 heavy (non-hydrogen) atoms. The molecule has 0 unspecified atom stereocenters. The van der Waals surface area contributed by atoms with Crippen LogP contribution in [0.4, 0.5) is 0 Å². The summed E-state index contributed by atoms with van der Waals surface area (Å²) in [5, 5.41) is 0. The molecule has 2 aromatic rings. The van der Waals surface area contributed by atoms with E-state index >= 15 is 0 Å². The summed E-state index contributed by atoms with van der Waals surface area (Å²) in [5.74, 6) is 0.666. The summed E-state index contributed by atoms with van der Waals surface area (Å²) >= 11 is 0. The molecule has 1 aliphatic rings. The smallest absolute Gasteiger partial charge is 0.266 e. The molecule has 0 bridgehead atoms. The summed E-state index contributed by atoms with van der Waals surface area (Å²) in [5.41, 5.74) is 2.79. The lowest BCUT2D eigenvalue weighted by atomic mass is 9.81. The lowest BCUT2D eigenvalue weighted by molar-refractivity contribution is 0.312. The van der Waals surface area contributed by atoms with Crippen LogP contribution in [0.25, 0.3) is 0 Å². The molecule has 1 fully saturated rings. The summed E-state index contributed by atoms with van der Waals surface area (Å²) in [4.78, 5) is 0.220. The maximum absolute atomic E-state index is 12.1. The third-order valence-corrected chi connectivity index (χ3v) is 6.29. The average Bonchev–Trinajstić information content (AvgIpc) is 2.67. The third kappa shape index (κ3) is 4.93. The van der Waals surface area contributed by atoms with E-state index < -0.39 is 10.1 Å². The van der Waals surface area contributed by atoms with Crippen molar-refractivity contribution in [3.05, 3.63) is 65.7 Å². The highest BCUT2D eigenvalue weighted by molar-refractivity contribution is 7.86. The maximum Gasteiger partial charge on any atom is 0.296 e. The van der Waals surface area contributed by atoms with Gasteiger partial charge in [-0.15, -0.1) is 0 Å². The molecule has 0 heterocycles. The quantitative estimate of drug-likeness (QED) is 0.512. The number of hydrogen-bond acceptors (Lipinski definition) is 3. The van der Waals surface area contributed by atoms with E-state index in [0.29, 0.717) is 12.3 Å². The first-order valence-corrected chi connectivity index (χ1v) is 10.6. The van der Waals surface area contributed by atoms with Crippen molar-refractivity contribution < 1.29 is 12.6 Å². The molecule has 4 heteroatoms. The van der Waals surface area contributed by atoms with Crippen LogP contribution in [-0.4, -0.2) is 15.0 Å². The van der Waals surface area contributed by atoms with Gasteiger partial charge >= 0.3 is 0 Å². The van der Waals surface area contributed by atoms with Gasteiger partial charge in [-0.05, 0) is 54.9 Å². The van der Waals surface area contributed by atoms with Gasteiger partial charge < -0.3 is 0 Å². The van der Waals surface area contributed by atoms with E-state index in [1.807, 2.05) is 0 Å². The molecule has 0 spiro atoms. The van der Waals surface area contributed by atoms with Gasteiger partial charge in [0, 0.05) is 0 Å². The Hall–Kier alpha value is -1.65. The monoisotopic (exact) mass is 358 g/mol. The maximum atomic E-state index is 12.1. The summed E-state index contributed by atoms with van der Waals surface area (Å²) in [6.45, 7) is 0.218. The third-order valence-electron chi connectivity index (χ3n) is 4.96. The van der Waals surface area contributed by atoms with E-state index in [4.69, 9.17) is 4.18 Å². The van der Waals surface area contributed by atoms with Crippen LogP contribution in [0.15, 0.2) is 59.5 Å². The zero-order valence-electron chi connectivity index (χ0n) is 14.6. The molecule has 1 aliphatic carbocycles. The van der Waals surface area contributed by atoms with Crippen LogP contribution in [0.2, 0.25) is 0 Å². The molecular formula is C21H26O3S. The Labute approximate surface area is 151 Å². The topological polar surface area (TPSA) is 43.4 Å². The van der Waals surface area contributed by atoms with Crippen molar-refractivity contribution in [2.45, 2.75) is 55.8 Å². The summed E-state index contributed by atoms with van der Waals surface area (Å²) in [6, 6.07) is 16.9. The molecule has 0 radical (unpaired) electrons. The molecule has 0 N–H and O–H groups in total. The molecule has 1 saturated carbocycles. The molecule has 0 amide bonds. The van der Waals surface area contributed by atoms with Gasteiger partial charge in [0.1, 0.15) is 0 Å². The van der Waals surface area contributed by atoms with Crippen molar-refractivity contribution in [3.8, 4) is 0 Å².